The van der Waals surface area contributed by atoms with Crippen molar-refractivity contribution >= 4 is 5.91 Å². The van der Waals surface area contributed by atoms with Gasteiger partial charge in [-0.15, -0.1) is 0 Å². The van der Waals surface area contributed by atoms with Crippen molar-refractivity contribution in [1.29, 1.82) is 0 Å². The third-order valence-corrected chi connectivity index (χ3v) is 5.71. The summed E-state index contributed by atoms with van der Waals surface area (Å²) >= 11 is 0. The molecule has 0 aliphatic carbocycles. The van der Waals surface area contributed by atoms with E-state index in [2.05, 4.69) is 0 Å². The minimum atomic E-state index is -0.334. The first-order chi connectivity index (χ1) is 15.6. The van der Waals surface area contributed by atoms with E-state index in [-0.39, 0.29) is 17.8 Å². The SMILES string of the molecule is CCC(=O)N1CCC(Oc2ccc(-c3cc(F)cc(OCc4ccccc4)c3)cc2)CC1. The van der Waals surface area contributed by atoms with Gasteiger partial charge in [0.2, 0.25) is 5.91 Å². The van der Waals surface area contributed by atoms with Gasteiger partial charge >= 0.3 is 0 Å². The highest BCUT2D eigenvalue weighted by molar-refractivity contribution is 5.75. The monoisotopic (exact) mass is 433 g/mol. The highest BCUT2D eigenvalue weighted by atomic mass is 19.1. The molecule has 1 heterocycles. The molecule has 4 rings (SSSR count). The van der Waals surface area contributed by atoms with E-state index in [1.165, 1.54) is 12.1 Å². The van der Waals surface area contributed by atoms with Crippen LogP contribution in [0.3, 0.4) is 0 Å². The highest BCUT2D eigenvalue weighted by Crippen LogP contribution is 2.28. The lowest BCUT2D eigenvalue weighted by molar-refractivity contribution is -0.132. The quantitative estimate of drug-likeness (QED) is 0.469. The minimum Gasteiger partial charge on any atom is -0.490 e. The molecule has 0 saturated carbocycles. The molecule has 1 aliphatic rings. The average Bonchev–Trinajstić information content (AvgIpc) is 2.83. The van der Waals surface area contributed by atoms with E-state index in [4.69, 9.17) is 9.47 Å². The van der Waals surface area contributed by atoms with Crippen LogP contribution in [0.4, 0.5) is 4.39 Å². The molecule has 1 amide bonds. The molecule has 0 aromatic heterocycles. The van der Waals surface area contributed by atoms with E-state index >= 15 is 0 Å². The van der Waals surface area contributed by atoms with Crippen LogP contribution in [0.15, 0.2) is 72.8 Å². The molecule has 1 fully saturated rings. The van der Waals surface area contributed by atoms with E-state index in [0.717, 1.165) is 48.4 Å². The summed E-state index contributed by atoms with van der Waals surface area (Å²) in [7, 11) is 0. The van der Waals surface area contributed by atoms with Crippen molar-refractivity contribution in [3.05, 3.63) is 84.2 Å². The zero-order valence-electron chi connectivity index (χ0n) is 18.3. The lowest BCUT2D eigenvalue weighted by atomic mass is 10.0. The Hall–Kier alpha value is -3.34. The summed E-state index contributed by atoms with van der Waals surface area (Å²) < 4.78 is 26.1. The van der Waals surface area contributed by atoms with Crippen LogP contribution in [0.2, 0.25) is 0 Å². The summed E-state index contributed by atoms with van der Waals surface area (Å²) in [6, 6.07) is 22.3. The Morgan fingerprint density at radius 2 is 1.66 bits per heavy atom. The Morgan fingerprint density at radius 1 is 0.938 bits per heavy atom. The maximum Gasteiger partial charge on any atom is 0.222 e. The van der Waals surface area contributed by atoms with Crippen LogP contribution in [0.1, 0.15) is 31.7 Å². The van der Waals surface area contributed by atoms with Gasteiger partial charge < -0.3 is 14.4 Å². The first-order valence-corrected chi connectivity index (χ1v) is 11.1. The van der Waals surface area contributed by atoms with E-state index < -0.39 is 0 Å². The van der Waals surface area contributed by atoms with E-state index in [1.54, 1.807) is 0 Å². The summed E-state index contributed by atoms with van der Waals surface area (Å²) in [6.07, 6.45) is 2.32. The van der Waals surface area contributed by atoms with Crippen molar-refractivity contribution in [3.63, 3.8) is 0 Å². The van der Waals surface area contributed by atoms with E-state index in [1.807, 2.05) is 72.5 Å². The van der Waals surface area contributed by atoms with Crippen LogP contribution in [0.25, 0.3) is 11.1 Å². The second-order valence-electron chi connectivity index (χ2n) is 8.03. The van der Waals surface area contributed by atoms with Gasteiger partial charge in [0, 0.05) is 38.4 Å². The van der Waals surface area contributed by atoms with Gasteiger partial charge in [0.1, 0.15) is 30.0 Å². The lowest BCUT2D eigenvalue weighted by Crippen LogP contribution is -2.41. The topological polar surface area (TPSA) is 38.8 Å². The van der Waals surface area contributed by atoms with Crippen LogP contribution in [-0.4, -0.2) is 30.0 Å². The van der Waals surface area contributed by atoms with Crippen LogP contribution in [-0.2, 0) is 11.4 Å². The summed E-state index contributed by atoms with van der Waals surface area (Å²) in [6.45, 7) is 3.76. The third kappa shape index (κ3) is 5.67. The van der Waals surface area contributed by atoms with E-state index in [9.17, 15) is 9.18 Å². The maximum absolute atomic E-state index is 14.2. The number of amides is 1. The molecule has 3 aromatic rings. The number of carbonyl (C=O) groups is 1. The number of carbonyl (C=O) groups excluding carboxylic acids is 1. The molecule has 1 saturated heterocycles. The fraction of sp³-hybridized carbons (Fsp3) is 0.296. The molecule has 0 unspecified atom stereocenters. The second kappa shape index (κ2) is 10.3. The highest BCUT2D eigenvalue weighted by Gasteiger charge is 2.22. The largest absolute Gasteiger partial charge is 0.490 e. The molecule has 0 radical (unpaired) electrons. The van der Waals surface area contributed by atoms with E-state index in [0.29, 0.717) is 18.8 Å². The molecule has 32 heavy (non-hydrogen) atoms. The molecule has 166 valence electrons. The Balaban J connectivity index is 1.37. The zero-order chi connectivity index (χ0) is 22.3. The summed E-state index contributed by atoms with van der Waals surface area (Å²) in [5.41, 5.74) is 2.68. The molecule has 3 aromatic carbocycles. The number of benzene rings is 3. The number of halogens is 1. The van der Waals surface area contributed by atoms with Gasteiger partial charge in [-0.2, -0.15) is 0 Å². The number of hydrogen-bond acceptors (Lipinski definition) is 3. The number of likely N-dealkylation sites (tertiary alicyclic amines) is 1. The lowest BCUT2D eigenvalue weighted by Gasteiger charge is -2.32. The van der Waals surface area contributed by atoms with Gasteiger partial charge in [-0.3, -0.25) is 4.79 Å². The molecule has 1 aliphatic heterocycles. The maximum atomic E-state index is 14.2. The molecule has 0 bridgehead atoms. The molecule has 0 N–H and O–H groups in total. The number of piperidine rings is 1. The normalized spacial score (nSPS) is 14.2. The van der Waals surface area contributed by atoms with Crippen molar-refractivity contribution in [1.82, 2.24) is 4.90 Å². The van der Waals surface area contributed by atoms with Crippen LogP contribution >= 0.6 is 0 Å². The Kier molecular flexibility index (Phi) is 7.05. The van der Waals surface area contributed by atoms with Crippen molar-refractivity contribution in [2.24, 2.45) is 0 Å². The Labute approximate surface area is 188 Å². The van der Waals surface area contributed by atoms with Crippen LogP contribution in [0.5, 0.6) is 11.5 Å². The van der Waals surface area contributed by atoms with Crippen molar-refractivity contribution in [2.75, 3.05) is 13.1 Å². The van der Waals surface area contributed by atoms with Gasteiger partial charge in [0.05, 0.1) is 0 Å². The summed E-state index contributed by atoms with van der Waals surface area (Å²) in [5.74, 6) is 1.15. The molecule has 0 spiro atoms. The Bertz CT molecular complexity index is 1030. The second-order valence-corrected chi connectivity index (χ2v) is 8.03. The zero-order valence-corrected chi connectivity index (χ0v) is 18.3. The van der Waals surface area contributed by atoms with Crippen molar-refractivity contribution in [2.45, 2.75) is 38.9 Å². The van der Waals surface area contributed by atoms with Crippen molar-refractivity contribution < 1.29 is 18.7 Å². The van der Waals surface area contributed by atoms with Gasteiger partial charge in [-0.1, -0.05) is 49.4 Å². The minimum absolute atomic E-state index is 0.105. The smallest absolute Gasteiger partial charge is 0.222 e. The molecule has 5 heteroatoms. The first-order valence-electron chi connectivity index (χ1n) is 11.1. The first kappa shape index (κ1) is 21.9. The van der Waals surface area contributed by atoms with Gasteiger partial charge in [0.15, 0.2) is 0 Å². The fourth-order valence-corrected chi connectivity index (χ4v) is 3.92. The number of ether oxygens (including phenoxy) is 2. The standard InChI is InChI=1S/C27H28FNO3/c1-2-27(30)29-14-12-25(13-15-29)32-24-10-8-21(9-11-24)22-16-23(28)18-26(17-22)31-19-20-6-4-3-5-7-20/h3-11,16-18,25H,2,12-15,19H2,1H3. The molecular formula is C27H28FNO3. The van der Waals surface area contributed by atoms with Crippen LogP contribution in [0, 0.1) is 5.82 Å². The van der Waals surface area contributed by atoms with Crippen LogP contribution < -0.4 is 9.47 Å². The Morgan fingerprint density at radius 3 is 2.34 bits per heavy atom. The average molecular weight is 434 g/mol. The number of nitrogens with zero attached hydrogens (tertiary/aromatic N) is 1. The fourth-order valence-electron chi connectivity index (χ4n) is 3.92. The summed E-state index contributed by atoms with van der Waals surface area (Å²) in [5, 5.41) is 0. The number of hydrogen-bond donors (Lipinski definition) is 0. The van der Waals surface area contributed by atoms with Gasteiger partial charge in [-0.25, -0.2) is 4.39 Å². The summed E-state index contributed by atoms with van der Waals surface area (Å²) in [4.78, 5) is 13.7. The molecule has 0 atom stereocenters. The third-order valence-electron chi connectivity index (χ3n) is 5.71. The molecular weight excluding hydrogens is 405 g/mol. The predicted molar refractivity (Wildman–Crippen MR) is 123 cm³/mol. The predicted octanol–water partition coefficient (Wildman–Crippen LogP) is 5.85. The van der Waals surface area contributed by atoms with Gasteiger partial charge in [0.25, 0.3) is 0 Å². The number of rotatable bonds is 7. The van der Waals surface area contributed by atoms with Crippen molar-refractivity contribution in [3.8, 4) is 22.6 Å². The van der Waals surface area contributed by atoms with Gasteiger partial charge in [-0.05, 0) is 41.0 Å². The molecule has 4 nitrogen and oxygen atoms in total.